The molecule has 1 aromatic rings. The molecule has 1 N–H and O–H groups in total. The van der Waals surface area contributed by atoms with Crippen molar-refractivity contribution < 1.29 is 0 Å². The zero-order valence-corrected chi connectivity index (χ0v) is 11.6. The Balaban J connectivity index is 2.34. The fourth-order valence-corrected chi connectivity index (χ4v) is 1.88. The number of nitrogens with zero attached hydrogens (tertiary/aromatic N) is 3. The minimum atomic E-state index is 0.575. The Bertz CT molecular complexity index is 306. The molecule has 4 nitrogen and oxygen atoms in total. The van der Waals surface area contributed by atoms with Gasteiger partial charge in [0.2, 0.25) is 0 Å². The van der Waals surface area contributed by atoms with Crippen molar-refractivity contribution in [2.45, 2.75) is 59.5 Å². The molecule has 0 aromatic carbocycles. The number of rotatable bonds is 8. The maximum absolute atomic E-state index is 4.35. The fourth-order valence-electron chi connectivity index (χ4n) is 1.88. The zero-order chi connectivity index (χ0) is 12.7. The molecule has 1 atom stereocenters. The van der Waals surface area contributed by atoms with Crippen LogP contribution < -0.4 is 5.32 Å². The smallest absolute Gasteiger partial charge is 0.138 e. The van der Waals surface area contributed by atoms with Gasteiger partial charge in [0.1, 0.15) is 12.2 Å². The van der Waals surface area contributed by atoms with E-state index in [9.17, 15) is 0 Å². The lowest BCUT2D eigenvalue weighted by atomic mass is 10.0. The molecule has 0 amide bonds. The monoisotopic (exact) mass is 238 g/mol. The van der Waals surface area contributed by atoms with Crippen LogP contribution in [0, 0.1) is 5.92 Å². The highest BCUT2D eigenvalue weighted by atomic mass is 15.3. The van der Waals surface area contributed by atoms with Crippen LogP contribution in [0.4, 0.5) is 0 Å². The molecule has 1 heterocycles. The molecular weight excluding hydrogens is 212 g/mol. The quantitative estimate of drug-likeness (QED) is 0.755. The molecule has 98 valence electrons. The summed E-state index contributed by atoms with van der Waals surface area (Å²) in [6.07, 6.45) is 5.00. The molecule has 0 saturated carbocycles. The number of aryl methyl sites for hydroxylation is 1. The van der Waals surface area contributed by atoms with E-state index in [0.29, 0.717) is 12.0 Å². The van der Waals surface area contributed by atoms with Crippen LogP contribution in [-0.4, -0.2) is 27.4 Å². The summed E-state index contributed by atoms with van der Waals surface area (Å²) >= 11 is 0. The van der Waals surface area contributed by atoms with E-state index in [2.05, 4.69) is 43.1 Å². The minimum absolute atomic E-state index is 0.575. The number of hydrogen-bond acceptors (Lipinski definition) is 3. The van der Waals surface area contributed by atoms with E-state index in [1.54, 1.807) is 6.33 Å². The fraction of sp³-hybridized carbons (Fsp3) is 0.846. The molecule has 4 heteroatoms. The van der Waals surface area contributed by atoms with Crippen LogP contribution in [0.15, 0.2) is 6.33 Å². The van der Waals surface area contributed by atoms with Gasteiger partial charge in [-0.15, -0.1) is 0 Å². The van der Waals surface area contributed by atoms with Crippen LogP contribution in [0.5, 0.6) is 0 Å². The second-order valence-corrected chi connectivity index (χ2v) is 5.11. The Morgan fingerprint density at radius 3 is 2.76 bits per heavy atom. The summed E-state index contributed by atoms with van der Waals surface area (Å²) in [6.45, 7) is 10.9. The average Bonchev–Trinajstić information content (AvgIpc) is 2.66. The van der Waals surface area contributed by atoms with E-state index in [1.165, 1.54) is 6.42 Å². The molecule has 1 aromatic heterocycles. The van der Waals surface area contributed by atoms with Gasteiger partial charge in [-0.1, -0.05) is 27.7 Å². The summed E-state index contributed by atoms with van der Waals surface area (Å²) in [7, 11) is 0. The average molecular weight is 238 g/mol. The van der Waals surface area contributed by atoms with E-state index in [-0.39, 0.29) is 0 Å². The van der Waals surface area contributed by atoms with Gasteiger partial charge in [-0.25, -0.2) is 4.98 Å². The van der Waals surface area contributed by atoms with Gasteiger partial charge in [0.25, 0.3) is 0 Å². The van der Waals surface area contributed by atoms with Gasteiger partial charge in [0, 0.05) is 19.0 Å². The molecule has 0 aliphatic carbocycles. The van der Waals surface area contributed by atoms with Crippen molar-refractivity contribution >= 4 is 0 Å². The Morgan fingerprint density at radius 2 is 2.12 bits per heavy atom. The van der Waals surface area contributed by atoms with E-state index >= 15 is 0 Å². The van der Waals surface area contributed by atoms with Crippen LogP contribution >= 0.6 is 0 Å². The highest BCUT2D eigenvalue weighted by Gasteiger charge is 2.09. The standard InChI is InChI=1S/C13H26N4/c1-5-8-17-13(15-10-16-17)9-12(4)6-7-14-11(2)3/h10-12,14H,5-9H2,1-4H3. The molecule has 0 fully saturated rings. The van der Waals surface area contributed by atoms with E-state index in [1.807, 2.05) is 4.68 Å². The van der Waals surface area contributed by atoms with Gasteiger partial charge in [-0.2, -0.15) is 5.10 Å². The molecular formula is C13H26N4. The zero-order valence-electron chi connectivity index (χ0n) is 11.6. The SMILES string of the molecule is CCCn1ncnc1CC(C)CCNC(C)C. The molecule has 0 aliphatic rings. The van der Waals surface area contributed by atoms with Gasteiger partial charge in [0.15, 0.2) is 0 Å². The van der Waals surface area contributed by atoms with Crippen LogP contribution in [0.1, 0.15) is 46.4 Å². The Labute approximate surface area is 105 Å². The highest BCUT2D eigenvalue weighted by molar-refractivity contribution is 4.86. The predicted molar refractivity (Wildman–Crippen MR) is 70.9 cm³/mol. The van der Waals surface area contributed by atoms with Crippen LogP contribution in [0.2, 0.25) is 0 Å². The summed E-state index contributed by atoms with van der Waals surface area (Å²) in [5.74, 6) is 1.78. The van der Waals surface area contributed by atoms with Crippen molar-refractivity contribution in [3.63, 3.8) is 0 Å². The molecule has 1 unspecified atom stereocenters. The first kappa shape index (κ1) is 14.2. The minimum Gasteiger partial charge on any atom is -0.315 e. The van der Waals surface area contributed by atoms with Crippen LogP contribution in [-0.2, 0) is 13.0 Å². The normalized spacial score (nSPS) is 13.2. The topological polar surface area (TPSA) is 42.7 Å². The maximum atomic E-state index is 4.35. The second kappa shape index (κ2) is 7.43. The Hall–Kier alpha value is -0.900. The molecule has 0 bridgehead atoms. The van der Waals surface area contributed by atoms with Gasteiger partial charge in [-0.3, -0.25) is 4.68 Å². The summed E-state index contributed by atoms with van der Waals surface area (Å²) in [4.78, 5) is 4.35. The summed E-state index contributed by atoms with van der Waals surface area (Å²) in [6, 6.07) is 0.575. The second-order valence-electron chi connectivity index (χ2n) is 5.11. The summed E-state index contributed by atoms with van der Waals surface area (Å²) in [5.41, 5.74) is 0. The first-order chi connectivity index (χ1) is 8.13. The number of nitrogens with one attached hydrogen (secondary N) is 1. The van der Waals surface area contributed by atoms with Gasteiger partial charge in [0.05, 0.1) is 0 Å². The third kappa shape index (κ3) is 5.31. The van der Waals surface area contributed by atoms with Gasteiger partial charge >= 0.3 is 0 Å². The lowest BCUT2D eigenvalue weighted by Gasteiger charge is -2.13. The van der Waals surface area contributed by atoms with Crippen molar-refractivity contribution in [2.24, 2.45) is 5.92 Å². The summed E-state index contributed by atoms with van der Waals surface area (Å²) < 4.78 is 2.03. The van der Waals surface area contributed by atoms with Crippen molar-refractivity contribution in [1.82, 2.24) is 20.1 Å². The number of aromatic nitrogens is 3. The van der Waals surface area contributed by atoms with Crippen molar-refractivity contribution in [2.75, 3.05) is 6.54 Å². The van der Waals surface area contributed by atoms with Crippen LogP contribution in [0.25, 0.3) is 0 Å². The Kier molecular flexibility index (Phi) is 6.19. The highest BCUT2D eigenvalue weighted by Crippen LogP contribution is 2.09. The summed E-state index contributed by atoms with van der Waals surface area (Å²) in [5, 5.41) is 7.71. The van der Waals surface area contributed by atoms with Gasteiger partial charge < -0.3 is 5.32 Å². The van der Waals surface area contributed by atoms with Crippen molar-refractivity contribution in [1.29, 1.82) is 0 Å². The molecule has 1 rings (SSSR count). The molecule has 0 aliphatic heterocycles. The van der Waals surface area contributed by atoms with E-state index in [0.717, 1.165) is 31.8 Å². The molecule has 0 saturated heterocycles. The molecule has 0 spiro atoms. The Morgan fingerprint density at radius 1 is 1.35 bits per heavy atom. The first-order valence-corrected chi connectivity index (χ1v) is 6.73. The van der Waals surface area contributed by atoms with Crippen molar-refractivity contribution in [3.05, 3.63) is 12.2 Å². The predicted octanol–water partition coefficient (Wildman–Crippen LogP) is 2.25. The maximum Gasteiger partial charge on any atom is 0.138 e. The third-order valence-electron chi connectivity index (χ3n) is 2.85. The molecule has 0 radical (unpaired) electrons. The van der Waals surface area contributed by atoms with Crippen LogP contribution in [0.3, 0.4) is 0 Å². The van der Waals surface area contributed by atoms with E-state index in [4.69, 9.17) is 0 Å². The van der Waals surface area contributed by atoms with E-state index < -0.39 is 0 Å². The lowest BCUT2D eigenvalue weighted by molar-refractivity contribution is 0.452. The number of hydrogen-bond donors (Lipinski definition) is 1. The third-order valence-corrected chi connectivity index (χ3v) is 2.85. The lowest BCUT2D eigenvalue weighted by Crippen LogP contribution is -2.25. The molecule has 17 heavy (non-hydrogen) atoms. The first-order valence-electron chi connectivity index (χ1n) is 6.73. The largest absolute Gasteiger partial charge is 0.315 e. The van der Waals surface area contributed by atoms with Crippen molar-refractivity contribution in [3.8, 4) is 0 Å². The van der Waals surface area contributed by atoms with Gasteiger partial charge in [-0.05, 0) is 25.3 Å².